The average molecular weight is 386 g/mol. The Labute approximate surface area is 172 Å². The molecule has 0 fully saturated rings. The number of carbonyl (C=O) groups is 1. The zero-order chi connectivity index (χ0) is 20.2. The minimum absolute atomic E-state index is 0.0626. The summed E-state index contributed by atoms with van der Waals surface area (Å²) in [5.41, 5.74) is 7.36. The molecule has 1 aliphatic carbocycles. The first-order valence-corrected chi connectivity index (χ1v) is 10.1. The van der Waals surface area contributed by atoms with Gasteiger partial charge in [0.2, 0.25) is 0 Å². The van der Waals surface area contributed by atoms with Gasteiger partial charge in [0, 0.05) is 13.0 Å². The van der Waals surface area contributed by atoms with E-state index >= 15 is 0 Å². The highest BCUT2D eigenvalue weighted by Gasteiger charge is 2.31. The highest BCUT2D eigenvalue weighted by Crippen LogP contribution is 2.40. The summed E-state index contributed by atoms with van der Waals surface area (Å²) in [6, 6.07) is 25.7. The molecule has 0 saturated carbocycles. The molecule has 0 saturated heterocycles. The highest BCUT2D eigenvalue weighted by molar-refractivity contribution is 5.72. The predicted molar refractivity (Wildman–Crippen MR) is 116 cm³/mol. The molecule has 4 rings (SSSR count). The SMILES string of the molecule is COC(=O)CC1CCc2cc(-c3ccc(-c4ccccc4)cc3)ccc2C1OC. The van der Waals surface area contributed by atoms with E-state index in [1.807, 2.05) is 6.07 Å². The molecule has 0 aliphatic heterocycles. The Morgan fingerprint density at radius 1 is 0.862 bits per heavy atom. The van der Waals surface area contributed by atoms with Crippen molar-refractivity contribution in [3.05, 3.63) is 83.9 Å². The normalized spacial score (nSPS) is 18.1. The highest BCUT2D eigenvalue weighted by atomic mass is 16.5. The van der Waals surface area contributed by atoms with Crippen LogP contribution in [-0.2, 0) is 20.7 Å². The quantitative estimate of drug-likeness (QED) is 0.517. The average Bonchev–Trinajstić information content (AvgIpc) is 2.79. The summed E-state index contributed by atoms with van der Waals surface area (Å²) in [4.78, 5) is 11.7. The molecular formula is C26H26O3. The maximum Gasteiger partial charge on any atom is 0.305 e. The number of hydrogen-bond acceptors (Lipinski definition) is 3. The molecule has 0 N–H and O–H groups in total. The van der Waals surface area contributed by atoms with Gasteiger partial charge in [0.25, 0.3) is 0 Å². The summed E-state index contributed by atoms with van der Waals surface area (Å²) in [7, 11) is 3.16. The van der Waals surface area contributed by atoms with Crippen molar-refractivity contribution in [2.75, 3.05) is 14.2 Å². The second-order valence-corrected chi connectivity index (χ2v) is 7.59. The van der Waals surface area contributed by atoms with Gasteiger partial charge in [0.1, 0.15) is 0 Å². The molecule has 0 heterocycles. The zero-order valence-corrected chi connectivity index (χ0v) is 16.9. The molecule has 0 amide bonds. The van der Waals surface area contributed by atoms with Gasteiger partial charge in [-0.05, 0) is 46.2 Å². The lowest BCUT2D eigenvalue weighted by molar-refractivity contribution is -0.143. The van der Waals surface area contributed by atoms with E-state index in [0.29, 0.717) is 6.42 Å². The lowest BCUT2D eigenvalue weighted by Gasteiger charge is -2.32. The summed E-state index contributed by atoms with van der Waals surface area (Å²) < 4.78 is 10.6. The molecule has 2 atom stereocenters. The van der Waals surface area contributed by atoms with Crippen molar-refractivity contribution in [1.82, 2.24) is 0 Å². The van der Waals surface area contributed by atoms with E-state index < -0.39 is 0 Å². The Bertz CT molecular complexity index is 977. The molecule has 3 heteroatoms. The summed E-state index contributed by atoms with van der Waals surface area (Å²) in [5.74, 6) is -0.00779. The Morgan fingerprint density at radius 3 is 2.14 bits per heavy atom. The number of benzene rings is 3. The molecule has 148 valence electrons. The number of rotatable bonds is 5. The molecule has 1 aliphatic rings. The molecular weight excluding hydrogens is 360 g/mol. The van der Waals surface area contributed by atoms with Crippen LogP contribution < -0.4 is 0 Å². The lowest BCUT2D eigenvalue weighted by atomic mass is 9.79. The number of methoxy groups -OCH3 is 2. The van der Waals surface area contributed by atoms with E-state index in [9.17, 15) is 4.79 Å². The van der Waals surface area contributed by atoms with Gasteiger partial charge in [-0.1, -0.05) is 72.8 Å². The van der Waals surface area contributed by atoms with Gasteiger partial charge >= 0.3 is 5.97 Å². The Balaban J connectivity index is 1.58. The third-order valence-corrected chi connectivity index (χ3v) is 5.90. The minimum Gasteiger partial charge on any atom is -0.469 e. The maximum absolute atomic E-state index is 11.7. The first kappa shape index (κ1) is 19.4. The van der Waals surface area contributed by atoms with Crippen molar-refractivity contribution < 1.29 is 14.3 Å². The minimum atomic E-state index is -0.171. The fraction of sp³-hybridized carbons (Fsp3) is 0.269. The standard InChI is InChI=1S/C26H26O3/c1-28-25(27)17-23-13-12-22-16-21(14-15-24(22)26(23)29-2)20-10-8-19(9-11-20)18-6-4-3-5-7-18/h3-11,14-16,23,26H,12-13,17H2,1-2H3. The lowest BCUT2D eigenvalue weighted by Crippen LogP contribution is -2.25. The Hall–Kier alpha value is -2.91. The summed E-state index contributed by atoms with van der Waals surface area (Å²) in [5, 5.41) is 0. The fourth-order valence-corrected chi connectivity index (χ4v) is 4.34. The number of esters is 1. The second kappa shape index (κ2) is 8.62. The first-order chi connectivity index (χ1) is 14.2. The number of fused-ring (bicyclic) bond motifs is 1. The van der Waals surface area contributed by atoms with Gasteiger partial charge in [-0.2, -0.15) is 0 Å². The van der Waals surface area contributed by atoms with E-state index in [2.05, 4.69) is 66.7 Å². The predicted octanol–water partition coefficient (Wildman–Crippen LogP) is 5.83. The van der Waals surface area contributed by atoms with Gasteiger partial charge in [-0.25, -0.2) is 0 Å². The Kier molecular flexibility index (Phi) is 5.77. The van der Waals surface area contributed by atoms with Crippen LogP contribution in [-0.4, -0.2) is 20.2 Å². The zero-order valence-electron chi connectivity index (χ0n) is 16.9. The van der Waals surface area contributed by atoms with Crippen LogP contribution in [0.25, 0.3) is 22.3 Å². The van der Waals surface area contributed by atoms with Crippen LogP contribution in [0.5, 0.6) is 0 Å². The van der Waals surface area contributed by atoms with E-state index in [-0.39, 0.29) is 18.0 Å². The molecule has 29 heavy (non-hydrogen) atoms. The van der Waals surface area contributed by atoms with Crippen molar-refractivity contribution in [3.63, 3.8) is 0 Å². The summed E-state index contributed by atoms with van der Waals surface area (Å²) in [6.45, 7) is 0. The number of ether oxygens (including phenoxy) is 2. The smallest absolute Gasteiger partial charge is 0.305 e. The maximum atomic E-state index is 11.7. The number of aryl methyl sites for hydroxylation is 1. The number of carbonyl (C=O) groups excluding carboxylic acids is 1. The van der Waals surface area contributed by atoms with Crippen LogP contribution in [0.3, 0.4) is 0 Å². The van der Waals surface area contributed by atoms with E-state index in [4.69, 9.17) is 9.47 Å². The molecule has 3 aromatic rings. The van der Waals surface area contributed by atoms with Crippen molar-refractivity contribution >= 4 is 5.97 Å². The third kappa shape index (κ3) is 4.10. The van der Waals surface area contributed by atoms with Gasteiger partial charge in [0.05, 0.1) is 19.6 Å². The third-order valence-electron chi connectivity index (χ3n) is 5.90. The van der Waals surface area contributed by atoms with Crippen molar-refractivity contribution in [3.8, 4) is 22.3 Å². The molecule has 0 spiro atoms. The summed E-state index contributed by atoms with van der Waals surface area (Å²) in [6.07, 6.45) is 2.22. The molecule has 3 aromatic carbocycles. The second-order valence-electron chi connectivity index (χ2n) is 7.59. The van der Waals surface area contributed by atoms with E-state index in [1.165, 1.54) is 40.5 Å². The van der Waals surface area contributed by atoms with Crippen LogP contribution in [0, 0.1) is 5.92 Å². The molecule has 2 unspecified atom stereocenters. The van der Waals surface area contributed by atoms with Gasteiger partial charge in [-0.15, -0.1) is 0 Å². The van der Waals surface area contributed by atoms with Crippen LogP contribution in [0.15, 0.2) is 72.8 Å². The Morgan fingerprint density at radius 2 is 1.48 bits per heavy atom. The van der Waals surface area contributed by atoms with Crippen molar-refractivity contribution in [2.45, 2.75) is 25.4 Å². The van der Waals surface area contributed by atoms with Crippen LogP contribution >= 0.6 is 0 Å². The van der Waals surface area contributed by atoms with Gasteiger partial charge in [-0.3, -0.25) is 4.79 Å². The van der Waals surface area contributed by atoms with Crippen LogP contribution in [0.4, 0.5) is 0 Å². The monoisotopic (exact) mass is 386 g/mol. The fourth-order valence-electron chi connectivity index (χ4n) is 4.34. The van der Waals surface area contributed by atoms with Crippen LogP contribution in [0.2, 0.25) is 0 Å². The van der Waals surface area contributed by atoms with Crippen molar-refractivity contribution in [1.29, 1.82) is 0 Å². The molecule has 0 aromatic heterocycles. The van der Waals surface area contributed by atoms with E-state index in [1.54, 1.807) is 7.11 Å². The van der Waals surface area contributed by atoms with E-state index in [0.717, 1.165) is 12.8 Å². The van der Waals surface area contributed by atoms with Gasteiger partial charge in [0.15, 0.2) is 0 Å². The summed E-state index contributed by atoms with van der Waals surface area (Å²) >= 11 is 0. The first-order valence-electron chi connectivity index (χ1n) is 10.1. The topological polar surface area (TPSA) is 35.5 Å². The number of hydrogen-bond donors (Lipinski definition) is 0. The molecule has 0 bridgehead atoms. The molecule has 0 radical (unpaired) electrons. The molecule has 3 nitrogen and oxygen atoms in total. The van der Waals surface area contributed by atoms with Gasteiger partial charge < -0.3 is 9.47 Å². The van der Waals surface area contributed by atoms with Crippen LogP contribution in [0.1, 0.15) is 30.1 Å². The van der Waals surface area contributed by atoms with Crippen molar-refractivity contribution in [2.24, 2.45) is 5.92 Å². The largest absolute Gasteiger partial charge is 0.469 e.